The Kier molecular flexibility index (Phi) is 4.71. The molecule has 1 aliphatic rings. The zero-order chi connectivity index (χ0) is 16.2. The highest BCUT2D eigenvalue weighted by Gasteiger charge is 2.30. The summed E-state index contributed by atoms with van der Waals surface area (Å²) in [4.78, 5) is 21.8. The average Bonchev–Trinajstić information content (AvgIpc) is 3.24. The summed E-state index contributed by atoms with van der Waals surface area (Å²) < 4.78 is 7.37. The Labute approximate surface area is 134 Å². The molecule has 124 valence electrons. The molecule has 0 radical (unpaired) electrons. The molecule has 1 fully saturated rings. The molecule has 0 aromatic carbocycles. The van der Waals surface area contributed by atoms with Crippen molar-refractivity contribution in [2.24, 2.45) is 5.73 Å². The topological polar surface area (TPSA) is 103 Å². The number of aromatic nitrogens is 4. The molecule has 3 heterocycles. The van der Waals surface area contributed by atoms with Crippen molar-refractivity contribution in [1.29, 1.82) is 0 Å². The molecule has 1 aliphatic heterocycles. The minimum atomic E-state index is -0.653. The Balaban J connectivity index is 1.50. The largest absolute Gasteiger partial charge is 0.363 e. The molecular weight excluding hydrogens is 296 g/mol. The number of nitrogens with two attached hydrogens (primary N) is 1. The average molecular weight is 318 g/mol. The van der Waals surface area contributed by atoms with E-state index in [1.54, 1.807) is 0 Å². The van der Waals surface area contributed by atoms with E-state index in [0.29, 0.717) is 5.89 Å². The van der Waals surface area contributed by atoms with Gasteiger partial charge in [-0.15, -0.1) is 0 Å². The Bertz CT molecular complexity index is 664. The van der Waals surface area contributed by atoms with Gasteiger partial charge < -0.3 is 14.8 Å². The number of primary amides is 1. The zero-order valence-corrected chi connectivity index (χ0v) is 13.3. The lowest BCUT2D eigenvalue weighted by molar-refractivity contribution is 0.0987. The zero-order valence-electron chi connectivity index (χ0n) is 13.3. The molecule has 2 N–H and O–H groups in total. The lowest BCUT2D eigenvalue weighted by atomic mass is 10.2. The van der Waals surface area contributed by atoms with Crippen LogP contribution >= 0.6 is 0 Å². The molecule has 1 atom stereocenters. The van der Waals surface area contributed by atoms with Crippen molar-refractivity contribution in [2.75, 3.05) is 13.1 Å². The quantitative estimate of drug-likeness (QED) is 0.772. The smallest absolute Gasteiger partial charge is 0.290 e. The molecule has 2 aromatic rings. The van der Waals surface area contributed by atoms with Gasteiger partial charge in [-0.1, -0.05) is 5.16 Å². The monoisotopic (exact) mass is 318 g/mol. The number of rotatable bonds is 7. The molecule has 8 nitrogen and oxygen atoms in total. The number of amides is 1. The first kappa shape index (κ1) is 15.7. The highest BCUT2D eigenvalue weighted by molar-refractivity contribution is 5.88. The fourth-order valence-corrected chi connectivity index (χ4v) is 3.08. The second kappa shape index (κ2) is 6.91. The first-order valence-corrected chi connectivity index (χ1v) is 8.00. The molecule has 1 amide bonds. The molecular formula is C15H22N6O2. The van der Waals surface area contributed by atoms with E-state index in [9.17, 15) is 4.79 Å². The molecule has 23 heavy (non-hydrogen) atoms. The number of aryl methyl sites for hydroxylation is 2. The Morgan fingerprint density at radius 1 is 1.43 bits per heavy atom. The highest BCUT2D eigenvalue weighted by atomic mass is 16.5. The van der Waals surface area contributed by atoms with Crippen molar-refractivity contribution in [1.82, 2.24) is 24.6 Å². The number of hydrogen-bond acceptors (Lipinski definition) is 6. The van der Waals surface area contributed by atoms with Crippen molar-refractivity contribution in [3.8, 4) is 0 Å². The van der Waals surface area contributed by atoms with E-state index in [-0.39, 0.29) is 11.9 Å². The second-order valence-corrected chi connectivity index (χ2v) is 5.89. The maximum Gasteiger partial charge on any atom is 0.290 e. The molecule has 0 saturated carbocycles. The van der Waals surface area contributed by atoms with Gasteiger partial charge in [-0.05, 0) is 45.7 Å². The summed E-state index contributed by atoms with van der Waals surface area (Å²) in [6, 6.07) is 0.102. The third kappa shape index (κ3) is 3.58. The molecule has 0 unspecified atom stereocenters. The SMILES string of the molecule is Cc1nccn1CCCCN1CCC[C@@H]1c1nc(C(N)=O)no1. The fourth-order valence-electron chi connectivity index (χ4n) is 3.08. The van der Waals surface area contributed by atoms with E-state index in [4.69, 9.17) is 10.3 Å². The van der Waals surface area contributed by atoms with E-state index in [1.165, 1.54) is 0 Å². The molecule has 0 spiro atoms. The van der Waals surface area contributed by atoms with Gasteiger partial charge in [-0.25, -0.2) is 4.98 Å². The second-order valence-electron chi connectivity index (χ2n) is 5.89. The molecule has 8 heteroatoms. The summed E-state index contributed by atoms with van der Waals surface area (Å²) in [5.74, 6) is 0.860. The van der Waals surface area contributed by atoms with Crippen molar-refractivity contribution < 1.29 is 9.32 Å². The molecule has 1 saturated heterocycles. The minimum absolute atomic E-state index is 0.0394. The van der Waals surface area contributed by atoms with Gasteiger partial charge in [0.25, 0.3) is 11.7 Å². The first-order chi connectivity index (χ1) is 11.1. The molecule has 3 rings (SSSR count). The summed E-state index contributed by atoms with van der Waals surface area (Å²) in [5.41, 5.74) is 5.17. The van der Waals surface area contributed by atoms with Crippen LogP contribution in [0.1, 0.15) is 54.1 Å². The number of carbonyl (C=O) groups excluding carboxylic acids is 1. The Morgan fingerprint density at radius 3 is 2.96 bits per heavy atom. The van der Waals surface area contributed by atoms with Crippen molar-refractivity contribution in [3.05, 3.63) is 29.9 Å². The molecule has 0 aliphatic carbocycles. The number of nitrogens with zero attached hydrogens (tertiary/aromatic N) is 5. The Hall–Kier alpha value is -2.22. The van der Waals surface area contributed by atoms with Gasteiger partial charge in [0, 0.05) is 18.9 Å². The van der Waals surface area contributed by atoms with Crippen molar-refractivity contribution >= 4 is 5.91 Å². The van der Waals surface area contributed by atoms with Crippen LogP contribution in [-0.4, -0.2) is 43.6 Å². The standard InChI is InChI=1S/C15H22N6O2/c1-11-17-6-10-20(11)7-2-3-8-21-9-4-5-12(21)15-18-14(13(16)22)19-23-15/h6,10,12H,2-5,7-9H2,1H3,(H2,16,22)/t12-/m1/s1. The van der Waals surface area contributed by atoms with Crippen molar-refractivity contribution in [2.45, 2.75) is 45.2 Å². The van der Waals surface area contributed by atoms with E-state index >= 15 is 0 Å². The predicted octanol–water partition coefficient (Wildman–Crippen LogP) is 1.29. The third-order valence-electron chi connectivity index (χ3n) is 4.33. The van der Waals surface area contributed by atoms with Crippen LogP contribution < -0.4 is 5.73 Å². The summed E-state index contributed by atoms with van der Waals surface area (Å²) in [5, 5.41) is 3.64. The van der Waals surface area contributed by atoms with E-state index in [1.807, 2.05) is 19.3 Å². The van der Waals surface area contributed by atoms with Gasteiger partial charge in [0.05, 0.1) is 6.04 Å². The number of hydrogen-bond donors (Lipinski definition) is 1. The van der Waals surface area contributed by atoms with Crippen LogP contribution in [0.5, 0.6) is 0 Å². The third-order valence-corrected chi connectivity index (χ3v) is 4.33. The van der Waals surface area contributed by atoms with E-state index < -0.39 is 5.91 Å². The summed E-state index contributed by atoms with van der Waals surface area (Å²) >= 11 is 0. The first-order valence-electron chi connectivity index (χ1n) is 8.00. The Morgan fingerprint density at radius 2 is 2.26 bits per heavy atom. The van der Waals surface area contributed by atoms with Crippen LogP contribution in [0.15, 0.2) is 16.9 Å². The van der Waals surface area contributed by atoms with E-state index in [2.05, 4.69) is 24.6 Å². The number of carbonyl (C=O) groups is 1. The van der Waals surface area contributed by atoms with Crippen LogP contribution in [0.2, 0.25) is 0 Å². The lowest BCUT2D eigenvalue weighted by Gasteiger charge is -2.21. The molecule has 2 aromatic heterocycles. The minimum Gasteiger partial charge on any atom is -0.363 e. The van der Waals surface area contributed by atoms with Crippen LogP contribution in [-0.2, 0) is 6.54 Å². The van der Waals surface area contributed by atoms with Gasteiger partial charge in [0.15, 0.2) is 0 Å². The summed E-state index contributed by atoms with van der Waals surface area (Å²) in [6.45, 7) is 4.99. The van der Waals surface area contributed by atoms with Crippen LogP contribution in [0, 0.1) is 6.92 Å². The van der Waals surface area contributed by atoms with Gasteiger partial charge in [0.1, 0.15) is 5.82 Å². The number of likely N-dealkylation sites (tertiary alicyclic amines) is 1. The van der Waals surface area contributed by atoms with Gasteiger partial charge in [-0.3, -0.25) is 9.69 Å². The maximum absolute atomic E-state index is 11.1. The number of unbranched alkanes of at least 4 members (excludes halogenated alkanes) is 1. The predicted molar refractivity (Wildman–Crippen MR) is 82.6 cm³/mol. The van der Waals surface area contributed by atoms with Gasteiger partial charge in [0.2, 0.25) is 5.89 Å². The fraction of sp³-hybridized carbons (Fsp3) is 0.600. The number of imidazole rings is 1. The van der Waals surface area contributed by atoms with Gasteiger partial charge in [-0.2, -0.15) is 4.98 Å². The van der Waals surface area contributed by atoms with Gasteiger partial charge >= 0.3 is 0 Å². The van der Waals surface area contributed by atoms with Crippen molar-refractivity contribution in [3.63, 3.8) is 0 Å². The highest BCUT2D eigenvalue weighted by Crippen LogP contribution is 2.30. The summed E-state index contributed by atoms with van der Waals surface area (Å²) in [7, 11) is 0. The van der Waals surface area contributed by atoms with Crippen LogP contribution in [0.4, 0.5) is 0 Å². The molecule has 0 bridgehead atoms. The maximum atomic E-state index is 11.1. The van der Waals surface area contributed by atoms with Crippen LogP contribution in [0.3, 0.4) is 0 Å². The van der Waals surface area contributed by atoms with Crippen LogP contribution in [0.25, 0.3) is 0 Å². The lowest BCUT2D eigenvalue weighted by Crippen LogP contribution is -2.25. The summed E-state index contributed by atoms with van der Waals surface area (Å²) in [6.07, 6.45) is 8.10. The normalized spacial score (nSPS) is 18.6. The van der Waals surface area contributed by atoms with E-state index in [0.717, 1.165) is 51.1 Å².